The third kappa shape index (κ3) is 4.99. The Hall–Kier alpha value is -3.21. The van der Waals surface area contributed by atoms with E-state index in [1.165, 1.54) is 5.56 Å². The van der Waals surface area contributed by atoms with Crippen LogP contribution >= 0.6 is 0 Å². The zero-order valence-corrected chi connectivity index (χ0v) is 17.2. The van der Waals surface area contributed by atoms with Crippen LogP contribution in [-0.4, -0.2) is 21.5 Å². The molecule has 150 valence electrons. The van der Waals surface area contributed by atoms with Gasteiger partial charge in [0.1, 0.15) is 0 Å². The number of nitrogens with one attached hydrogen (secondary N) is 1. The van der Waals surface area contributed by atoms with Crippen molar-refractivity contribution < 1.29 is 9.59 Å². The molecule has 5 nitrogen and oxygen atoms in total. The van der Waals surface area contributed by atoms with Crippen LogP contribution in [0.2, 0.25) is 0 Å². The van der Waals surface area contributed by atoms with Crippen LogP contribution in [0.5, 0.6) is 0 Å². The molecule has 3 rings (SSSR count). The fourth-order valence-corrected chi connectivity index (χ4v) is 3.36. The first-order valence-corrected chi connectivity index (χ1v) is 10.0. The molecule has 0 unspecified atom stereocenters. The molecule has 3 aromatic rings. The fraction of sp³-hybridized carbons (Fsp3) is 0.292. The van der Waals surface area contributed by atoms with E-state index < -0.39 is 0 Å². The molecule has 0 aliphatic heterocycles. The number of nitrogens with zero attached hydrogens (tertiary/aromatic N) is 2. The normalized spacial score (nSPS) is 10.7. The standard InChI is InChI=1S/C24H27N3O2/c1-4-8-19-11-13-20(14-12-19)22(28)15-16-23(29)25-24-17(2)26-27(18(24)3)21-9-6-5-7-10-21/h5-7,9-14H,4,8,15-16H2,1-3H3,(H,25,29). The molecular formula is C24H27N3O2. The maximum atomic E-state index is 12.4. The van der Waals surface area contributed by atoms with E-state index in [0.29, 0.717) is 11.3 Å². The van der Waals surface area contributed by atoms with Crippen molar-refractivity contribution in [2.75, 3.05) is 5.32 Å². The van der Waals surface area contributed by atoms with Gasteiger partial charge in [0.05, 0.1) is 22.8 Å². The number of hydrogen-bond donors (Lipinski definition) is 1. The maximum absolute atomic E-state index is 12.4. The molecule has 1 N–H and O–H groups in total. The zero-order chi connectivity index (χ0) is 20.8. The van der Waals surface area contributed by atoms with Gasteiger partial charge in [0, 0.05) is 18.4 Å². The van der Waals surface area contributed by atoms with E-state index in [4.69, 9.17) is 0 Å². The minimum Gasteiger partial charge on any atom is -0.323 e. The number of carbonyl (C=O) groups is 2. The zero-order valence-electron chi connectivity index (χ0n) is 17.2. The topological polar surface area (TPSA) is 64.0 Å². The number of hydrogen-bond acceptors (Lipinski definition) is 3. The molecule has 2 aromatic carbocycles. The summed E-state index contributed by atoms with van der Waals surface area (Å²) in [7, 11) is 0. The van der Waals surface area contributed by atoms with E-state index in [9.17, 15) is 9.59 Å². The Morgan fingerprint density at radius 3 is 2.31 bits per heavy atom. The number of aryl methyl sites for hydroxylation is 2. The van der Waals surface area contributed by atoms with Crippen molar-refractivity contribution in [3.8, 4) is 5.69 Å². The summed E-state index contributed by atoms with van der Waals surface area (Å²) in [6.45, 7) is 5.92. The van der Waals surface area contributed by atoms with Crippen LogP contribution in [0.4, 0.5) is 5.69 Å². The molecule has 0 spiro atoms. The van der Waals surface area contributed by atoms with Gasteiger partial charge in [0.15, 0.2) is 5.78 Å². The number of ketones is 1. The smallest absolute Gasteiger partial charge is 0.224 e. The summed E-state index contributed by atoms with van der Waals surface area (Å²) in [4.78, 5) is 24.8. The van der Waals surface area contributed by atoms with E-state index in [1.807, 2.05) is 73.1 Å². The van der Waals surface area contributed by atoms with Crippen molar-refractivity contribution in [3.63, 3.8) is 0 Å². The number of aromatic nitrogens is 2. The van der Waals surface area contributed by atoms with Gasteiger partial charge in [-0.2, -0.15) is 5.10 Å². The van der Waals surface area contributed by atoms with Gasteiger partial charge in [0.2, 0.25) is 5.91 Å². The molecule has 0 radical (unpaired) electrons. The molecule has 0 aliphatic rings. The van der Waals surface area contributed by atoms with Crippen LogP contribution in [0.1, 0.15) is 53.5 Å². The van der Waals surface area contributed by atoms with Gasteiger partial charge in [-0.1, -0.05) is 55.8 Å². The number of carbonyl (C=O) groups excluding carboxylic acids is 2. The monoisotopic (exact) mass is 389 g/mol. The first kappa shape index (κ1) is 20.5. The Bertz CT molecular complexity index is 989. The lowest BCUT2D eigenvalue weighted by Crippen LogP contribution is -2.14. The molecule has 5 heteroatoms. The highest BCUT2D eigenvalue weighted by Gasteiger charge is 2.16. The first-order chi connectivity index (χ1) is 14.0. The third-order valence-electron chi connectivity index (χ3n) is 4.95. The average molecular weight is 389 g/mol. The minimum atomic E-state index is -0.181. The summed E-state index contributed by atoms with van der Waals surface area (Å²) < 4.78 is 1.81. The predicted octanol–water partition coefficient (Wildman–Crippen LogP) is 5.04. The number of amides is 1. The van der Waals surface area contributed by atoms with Gasteiger partial charge in [-0.25, -0.2) is 4.68 Å². The Kier molecular flexibility index (Phi) is 6.60. The van der Waals surface area contributed by atoms with Crippen molar-refractivity contribution in [2.24, 2.45) is 0 Å². The lowest BCUT2D eigenvalue weighted by Gasteiger charge is -2.07. The van der Waals surface area contributed by atoms with Crippen LogP contribution < -0.4 is 5.32 Å². The molecule has 0 atom stereocenters. The highest BCUT2D eigenvalue weighted by atomic mass is 16.2. The molecule has 0 saturated carbocycles. The molecule has 1 amide bonds. The number of para-hydroxylation sites is 1. The average Bonchev–Trinajstić information content (AvgIpc) is 3.01. The Labute approximate surface area is 171 Å². The number of rotatable bonds is 8. The quantitative estimate of drug-likeness (QED) is 0.549. The van der Waals surface area contributed by atoms with Crippen LogP contribution in [0.25, 0.3) is 5.69 Å². The van der Waals surface area contributed by atoms with E-state index in [2.05, 4.69) is 17.3 Å². The summed E-state index contributed by atoms with van der Waals surface area (Å²) >= 11 is 0. The summed E-state index contributed by atoms with van der Waals surface area (Å²) in [5, 5.41) is 7.46. The van der Waals surface area contributed by atoms with Crippen LogP contribution in [-0.2, 0) is 11.2 Å². The van der Waals surface area contributed by atoms with E-state index in [-0.39, 0.29) is 24.5 Å². The van der Waals surface area contributed by atoms with Crippen molar-refractivity contribution in [1.29, 1.82) is 0 Å². The van der Waals surface area contributed by atoms with Crippen LogP contribution in [0, 0.1) is 13.8 Å². The highest BCUT2D eigenvalue weighted by molar-refractivity contribution is 6.00. The molecule has 0 aliphatic carbocycles. The van der Waals surface area contributed by atoms with E-state index in [0.717, 1.165) is 29.9 Å². The lowest BCUT2D eigenvalue weighted by atomic mass is 10.0. The van der Waals surface area contributed by atoms with Crippen molar-refractivity contribution >= 4 is 17.4 Å². The van der Waals surface area contributed by atoms with Gasteiger partial charge >= 0.3 is 0 Å². The molecule has 0 saturated heterocycles. The summed E-state index contributed by atoms with van der Waals surface area (Å²) in [5.74, 6) is -0.198. The second-order valence-corrected chi connectivity index (χ2v) is 7.21. The van der Waals surface area contributed by atoms with Gasteiger partial charge in [0.25, 0.3) is 0 Å². The number of benzene rings is 2. The molecule has 1 heterocycles. The second kappa shape index (κ2) is 9.32. The maximum Gasteiger partial charge on any atom is 0.224 e. The van der Waals surface area contributed by atoms with Gasteiger partial charge in [-0.3, -0.25) is 9.59 Å². The highest BCUT2D eigenvalue weighted by Crippen LogP contribution is 2.23. The SMILES string of the molecule is CCCc1ccc(C(=O)CCC(=O)Nc2c(C)nn(-c3ccccc3)c2C)cc1. The Morgan fingerprint density at radius 1 is 0.966 bits per heavy atom. The van der Waals surface area contributed by atoms with Crippen LogP contribution in [0.3, 0.4) is 0 Å². The number of Topliss-reactive ketones (excluding diaryl/α,β-unsaturated/α-hetero) is 1. The Morgan fingerprint density at radius 2 is 1.66 bits per heavy atom. The second-order valence-electron chi connectivity index (χ2n) is 7.21. The summed E-state index contributed by atoms with van der Waals surface area (Å²) in [6.07, 6.45) is 2.41. The molecular weight excluding hydrogens is 362 g/mol. The lowest BCUT2D eigenvalue weighted by molar-refractivity contribution is -0.116. The van der Waals surface area contributed by atoms with Gasteiger partial charge in [-0.15, -0.1) is 0 Å². The molecule has 1 aromatic heterocycles. The minimum absolute atomic E-state index is 0.0170. The van der Waals surface area contributed by atoms with Crippen molar-refractivity contribution in [3.05, 3.63) is 77.1 Å². The van der Waals surface area contributed by atoms with Gasteiger partial charge < -0.3 is 5.32 Å². The van der Waals surface area contributed by atoms with Crippen LogP contribution in [0.15, 0.2) is 54.6 Å². The van der Waals surface area contributed by atoms with Crippen molar-refractivity contribution in [1.82, 2.24) is 9.78 Å². The number of anilines is 1. The van der Waals surface area contributed by atoms with Crippen molar-refractivity contribution in [2.45, 2.75) is 46.5 Å². The largest absolute Gasteiger partial charge is 0.323 e. The summed E-state index contributed by atoms with van der Waals surface area (Å²) in [6, 6.07) is 17.5. The molecule has 0 bridgehead atoms. The van der Waals surface area contributed by atoms with Gasteiger partial charge in [-0.05, 0) is 38.0 Å². The van der Waals surface area contributed by atoms with E-state index >= 15 is 0 Å². The molecule has 0 fully saturated rings. The predicted molar refractivity (Wildman–Crippen MR) is 116 cm³/mol. The molecule has 29 heavy (non-hydrogen) atoms. The fourth-order valence-electron chi connectivity index (χ4n) is 3.36. The first-order valence-electron chi connectivity index (χ1n) is 10.0. The van der Waals surface area contributed by atoms with E-state index in [1.54, 1.807) is 0 Å². The third-order valence-corrected chi connectivity index (χ3v) is 4.95. The summed E-state index contributed by atoms with van der Waals surface area (Å²) in [5.41, 5.74) is 5.13. The Balaban J connectivity index is 1.61.